The minimum absolute atomic E-state index is 0.297. The third-order valence-electron chi connectivity index (χ3n) is 5.68. The molecular weight excluding hydrogens is 440 g/mol. The zero-order valence-corrected chi connectivity index (χ0v) is 19.0. The van der Waals surface area contributed by atoms with Gasteiger partial charge in [-0.2, -0.15) is 0 Å². The highest BCUT2D eigenvalue weighted by Crippen LogP contribution is 2.15. The van der Waals surface area contributed by atoms with E-state index in [2.05, 4.69) is 43.4 Å². The van der Waals surface area contributed by atoms with Crippen molar-refractivity contribution in [3.8, 4) is 0 Å². The minimum Gasteiger partial charge on any atom is -0.334 e. The van der Waals surface area contributed by atoms with Crippen LogP contribution in [0.15, 0.2) is 102 Å². The fourth-order valence-corrected chi connectivity index (χ4v) is 3.90. The van der Waals surface area contributed by atoms with E-state index in [4.69, 9.17) is 0 Å². The predicted molar refractivity (Wildman–Crippen MR) is 135 cm³/mol. The second-order valence-electron chi connectivity index (χ2n) is 8.22. The maximum Gasteiger partial charge on any atom is 0.347 e. The molecule has 2 aromatic heterocycles. The minimum atomic E-state index is -0.312. The molecule has 5 rings (SSSR count). The van der Waals surface area contributed by atoms with Gasteiger partial charge in [0, 0.05) is 31.2 Å². The molecule has 8 nitrogen and oxygen atoms in total. The normalized spacial score (nSPS) is 10.9. The number of anilines is 1. The van der Waals surface area contributed by atoms with Crippen LogP contribution in [0.5, 0.6) is 0 Å². The monoisotopic (exact) mass is 464 g/mol. The molecule has 2 N–H and O–H groups in total. The fourth-order valence-electron chi connectivity index (χ4n) is 3.90. The summed E-state index contributed by atoms with van der Waals surface area (Å²) in [5.74, 6) is 0. The Morgan fingerprint density at radius 1 is 0.800 bits per heavy atom. The Morgan fingerprint density at radius 2 is 1.60 bits per heavy atom. The summed E-state index contributed by atoms with van der Waals surface area (Å²) in [4.78, 5) is 32.4. The van der Waals surface area contributed by atoms with E-state index in [0.29, 0.717) is 18.8 Å². The van der Waals surface area contributed by atoms with Crippen LogP contribution in [-0.4, -0.2) is 25.1 Å². The molecule has 0 saturated heterocycles. The quantitative estimate of drug-likeness (QED) is 0.381. The Bertz CT molecular complexity index is 1520. The van der Waals surface area contributed by atoms with Gasteiger partial charge in [-0.3, -0.25) is 4.57 Å². The summed E-state index contributed by atoms with van der Waals surface area (Å²) in [6.45, 7) is 1.52. The molecular formula is C27H24N6O2. The highest BCUT2D eigenvalue weighted by Gasteiger charge is 2.06. The van der Waals surface area contributed by atoms with E-state index in [1.54, 1.807) is 12.3 Å². The summed E-state index contributed by atoms with van der Waals surface area (Å²) in [7, 11) is 0. The average molecular weight is 465 g/mol. The second kappa shape index (κ2) is 10.0. The molecule has 0 bridgehead atoms. The summed E-state index contributed by atoms with van der Waals surface area (Å²) < 4.78 is 3.63. The van der Waals surface area contributed by atoms with E-state index in [1.807, 2.05) is 60.9 Å². The van der Waals surface area contributed by atoms with Crippen molar-refractivity contribution in [2.24, 2.45) is 0 Å². The lowest BCUT2D eigenvalue weighted by molar-refractivity contribution is 0.251. The number of carbonyl (C=O) groups excluding carboxylic acids is 1. The van der Waals surface area contributed by atoms with Crippen LogP contribution in [0.25, 0.3) is 11.0 Å². The van der Waals surface area contributed by atoms with Crippen molar-refractivity contribution in [3.63, 3.8) is 0 Å². The zero-order valence-electron chi connectivity index (χ0n) is 19.0. The van der Waals surface area contributed by atoms with Gasteiger partial charge in [-0.25, -0.2) is 19.6 Å². The molecule has 0 spiro atoms. The summed E-state index contributed by atoms with van der Waals surface area (Å²) in [6, 6.07) is 25.0. The molecule has 0 saturated carbocycles. The van der Waals surface area contributed by atoms with E-state index in [1.165, 1.54) is 10.8 Å². The number of imidazole rings is 1. The molecule has 3 aromatic carbocycles. The molecule has 0 atom stereocenters. The van der Waals surface area contributed by atoms with Crippen LogP contribution in [0, 0.1) is 0 Å². The Hall–Kier alpha value is -4.72. The number of urea groups is 1. The van der Waals surface area contributed by atoms with Crippen LogP contribution in [0.2, 0.25) is 0 Å². The van der Waals surface area contributed by atoms with E-state index in [0.717, 1.165) is 34.3 Å². The summed E-state index contributed by atoms with van der Waals surface area (Å²) in [6.07, 6.45) is 5.01. The van der Waals surface area contributed by atoms with Gasteiger partial charge in [0.1, 0.15) is 0 Å². The molecule has 0 radical (unpaired) electrons. The number of hydrogen-bond donors (Lipinski definition) is 2. The first kappa shape index (κ1) is 22.1. The van der Waals surface area contributed by atoms with Crippen molar-refractivity contribution in [2.75, 3.05) is 5.32 Å². The van der Waals surface area contributed by atoms with Gasteiger partial charge in [0.15, 0.2) is 0 Å². The van der Waals surface area contributed by atoms with Gasteiger partial charge < -0.3 is 15.2 Å². The van der Waals surface area contributed by atoms with Gasteiger partial charge in [0.25, 0.3) is 0 Å². The summed E-state index contributed by atoms with van der Waals surface area (Å²) >= 11 is 0. The van der Waals surface area contributed by atoms with Gasteiger partial charge in [-0.05, 0) is 47.0 Å². The first-order valence-electron chi connectivity index (χ1n) is 11.3. The van der Waals surface area contributed by atoms with Crippen LogP contribution >= 0.6 is 0 Å². The number of hydrogen-bond acceptors (Lipinski definition) is 4. The van der Waals surface area contributed by atoms with Crippen molar-refractivity contribution in [1.29, 1.82) is 0 Å². The number of aromatic nitrogens is 4. The Labute approximate surface area is 201 Å². The highest BCUT2D eigenvalue weighted by atomic mass is 16.2. The van der Waals surface area contributed by atoms with Crippen molar-refractivity contribution in [3.05, 3.63) is 125 Å². The molecule has 0 aliphatic carbocycles. The Morgan fingerprint density at radius 3 is 2.46 bits per heavy atom. The third kappa shape index (κ3) is 5.44. The van der Waals surface area contributed by atoms with E-state index in [9.17, 15) is 9.59 Å². The van der Waals surface area contributed by atoms with Crippen molar-refractivity contribution in [1.82, 2.24) is 24.4 Å². The predicted octanol–water partition coefficient (Wildman–Crippen LogP) is 4.01. The average Bonchev–Trinajstić information content (AvgIpc) is 3.28. The van der Waals surface area contributed by atoms with Crippen LogP contribution in [0.3, 0.4) is 0 Å². The molecule has 0 aliphatic heterocycles. The number of amides is 2. The molecule has 0 aliphatic rings. The van der Waals surface area contributed by atoms with Crippen molar-refractivity contribution >= 4 is 22.8 Å². The first-order valence-corrected chi connectivity index (χ1v) is 11.3. The van der Waals surface area contributed by atoms with Gasteiger partial charge >= 0.3 is 11.7 Å². The topological polar surface area (TPSA) is 93.8 Å². The van der Waals surface area contributed by atoms with E-state index < -0.39 is 0 Å². The van der Waals surface area contributed by atoms with Crippen molar-refractivity contribution < 1.29 is 4.79 Å². The second-order valence-corrected chi connectivity index (χ2v) is 8.22. The van der Waals surface area contributed by atoms with Gasteiger partial charge in [0.05, 0.1) is 23.9 Å². The number of benzene rings is 3. The number of para-hydroxylation sites is 2. The summed E-state index contributed by atoms with van der Waals surface area (Å²) in [5, 5.41) is 5.73. The number of nitrogens with zero attached hydrogens (tertiary/aromatic N) is 4. The Balaban J connectivity index is 1.15. The van der Waals surface area contributed by atoms with Crippen molar-refractivity contribution in [2.45, 2.75) is 19.6 Å². The number of nitrogens with one attached hydrogen (secondary N) is 2. The number of fused-ring (bicyclic) bond motifs is 1. The third-order valence-corrected chi connectivity index (χ3v) is 5.68. The van der Waals surface area contributed by atoms with E-state index >= 15 is 0 Å². The summed E-state index contributed by atoms with van der Waals surface area (Å²) in [5.41, 5.74) is 5.48. The number of carbonyl (C=O) groups is 1. The maximum atomic E-state index is 12.4. The largest absolute Gasteiger partial charge is 0.347 e. The zero-order chi connectivity index (χ0) is 24.0. The molecule has 0 unspecified atom stereocenters. The van der Waals surface area contributed by atoms with Crippen LogP contribution in [-0.2, 0) is 19.6 Å². The standard InChI is InChI=1S/C27H24N6O2/c34-26(31-23-6-3-5-22(15-23)18-32-14-4-13-28-27(32)35)29-16-20-9-11-21(12-10-20)17-33-19-30-24-7-1-2-8-25(24)33/h1-15,19H,16-18H2,(H2,29,31,34). The molecule has 2 amide bonds. The smallest absolute Gasteiger partial charge is 0.334 e. The highest BCUT2D eigenvalue weighted by molar-refractivity contribution is 5.89. The van der Waals surface area contributed by atoms with Gasteiger partial charge in [-0.1, -0.05) is 48.5 Å². The number of rotatable bonds is 7. The lowest BCUT2D eigenvalue weighted by atomic mass is 10.1. The van der Waals surface area contributed by atoms with Crippen LogP contribution < -0.4 is 16.3 Å². The van der Waals surface area contributed by atoms with Crippen LogP contribution in [0.1, 0.15) is 16.7 Å². The molecule has 5 aromatic rings. The van der Waals surface area contributed by atoms with Crippen LogP contribution in [0.4, 0.5) is 10.5 Å². The molecule has 8 heteroatoms. The Kier molecular flexibility index (Phi) is 6.34. The molecule has 2 heterocycles. The maximum absolute atomic E-state index is 12.4. The lowest BCUT2D eigenvalue weighted by Crippen LogP contribution is -2.28. The first-order chi connectivity index (χ1) is 17.1. The SMILES string of the molecule is O=C(NCc1ccc(Cn2cnc3ccccc32)cc1)Nc1cccc(Cn2cccnc2=O)c1. The van der Waals surface area contributed by atoms with E-state index in [-0.39, 0.29) is 11.7 Å². The molecule has 35 heavy (non-hydrogen) atoms. The van der Waals surface area contributed by atoms with Gasteiger partial charge in [-0.15, -0.1) is 0 Å². The fraction of sp³-hybridized carbons (Fsp3) is 0.111. The van der Waals surface area contributed by atoms with Gasteiger partial charge in [0.2, 0.25) is 0 Å². The molecule has 0 fully saturated rings. The molecule has 174 valence electrons. The lowest BCUT2D eigenvalue weighted by Gasteiger charge is -2.10.